The second-order valence-corrected chi connectivity index (χ2v) is 8.01. The second kappa shape index (κ2) is 10.8. The molecule has 0 fully saturated rings. The van der Waals surface area contributed by atoms with Gasteiger partial charge in [0.05, 0.1) is 22.6 Å². The molecule has 0 spiro atoms. The van der Waals surface area contributed by atoms with Crippen LogP contribution in [0.15, 0.2) is 45.9 Å². The van der Waals surface area contributed by atoms with Crippen LogP contribution in [0.4, 0.5) is 24.5 Å². The summed E-state index contributed by atoms with van der Waals surface area (Å²) in [7, 11) is -4.41. The van der Waals surface area contributed by atoms with Crippen molar-refractivity contribution in [2.24, 2.45) is 0 Å². The highest BCUT2D eigenvalue weighted by molar-refractivity contribution is 7.89. The van der Waals surface area contributed by atoms with Crippen LogP contribution < -0.4 is 15.4 Å². The van der Waals surface area contributed by atoms with Gasteiger partial charge in [0.15, 0.2) is 6.61 Å². The van der Waals surface area contributed by atoms with Gasteiger partial charge in [-0.2, -0.15) is 17.9 Å². The molecule has 1 aromatic carbocycles. The van der Waals surface area contributed by atoms with Crippen LogP contribution in [0.1, 0.15) is 5.76 Å². The van der Waals surface area contributed by atoms with E-state index in [1.54, 1.807) is 12.1 Å². The molecule has 2 aromatic rings. The number of halogens is 3. The first-order valence-corrected chi connectivity index (χ1v) is 10.4. The third-order valence-electron chi connectivity index (χ3n) is 3.77. The summed E-state index contributed by atoms with van der Waals surface area (Å²) >= 11 is 0. The Morgan fingerprint density at radius 2 is 1.94 bits per heavy atom. The van der Waals surface area contributed by atoms with Gasteiger partial charge in [0.1, 0.15) is 24.5 Å². The smallest absolute Gasteiger partial charge is 0.405 e. The lowest BCUT2D eigenvalue weighted by Gasteiger charge is -2.10. The van der Waals surface area contributed by atoms with Crippen LogP contribution in [-0.2, 0) is 30.9 Å². The molecule has 0 aliphatic rings. The van der Waals surface area contributed by atoms with E-state index < -0.39 is 63.3 Å². The van der Waals surface area contributed by atoms with Crippen molar-refractivity contribution in [1.82, 2.24) is 10.0 Å². The molecule has 0 radical (unpaired) electrons. The third-order valence-corrected chi connectivity index (χ3v) is 5.17. The third kappa shape index (κ3) is 8.41. The number of hydrogen-bond acceptors (Lipinski definition) is 9. The highest BCUT2D eigenvalue weighted by Crippen LogP contribution is 2.28. The number of nitro benzene ring substituents is 1. The molecule has 12 nitrogen and oxygen atoms in total. The van der Waals surface area contributed by atoms with Crippen LogP contribution in [0.2, 0.25) is 0 Å². The fourth-order valence-electron chi connectivity index (χ4n) is 2.26. The number of sulfonamides is 1. The minimum atomic E-state index is -4.65. The molecule has 1 heterocycles. The van der Waals surface area contributed by atoms with Crippen LogP contribution in [0.25, 0.3) is 0 Å². The van der Waals surface area contributed by atoms with Crippen LogP contribution in [-0.4, -0.2) is 51.1 Å². The van der Waals surface area contributed by atoms with Gasteiger partial charge in [0.2, 0.25) is 10.0 Å². The number of carbonyl (C=O) groups excluding carboxylic acids is 2. The molecular weight excluding hydrogens is 477 g/mol. The molecule has 2 rings (SSSR count). The maximum Gasteiger partial charge on any atom is 0.405 e. The van der Waals surface area contributed by atoms with E-state index in [1.165, 1.54) is 11.6 Å². The fraction of sp³-hybridized carbons (Fsp3) is 0.294. The van der Waals surface area contributed by atoms with E-state index in [1.807, 2.05) is 4.72 Å². The zero-order valence-electron chi connectivity index (χ0n) is 16.5. The number of rotatable bonds is 11. The molecule has 0 bridgehead atoms. The zero-order valence-corrected chi connectivity index (χ0v) is 17.4. The number of benzene rings is 1. The Kier molecular flexibility index (Phi) is 8.36. The largest absolute Gasteiger partial charge is 0.467 e. The van der Waals surface area contributed by atoms with Crippen LogP contribution in [0.5, 0.6) is 0 Å². The van der Waals surface area contributed by atoms with E-state index in [-0.39, 0.29) is 12.2 Å². The van der Waals surface area contributed by atoms with Crippen molar-refractivity contribution >= 4 is 33.3 Å². The van der Waals surface area contributed by atoms with Gasteiger partial charge in [0.25, 0.3) is 11.6 Å². The maximum atomic E-state index is 12.3. The number of nitrogens with zero attached hydrogens (tertiary/aromatic N) is 1. The number of alkyl halides is 3. The Hall–Kier alpha value is -3.66. The van der Waals surface area contributed by atoms with Crippen molar-refractivity contribution < 1.29 is 45.3 Å². The lowest BCUT2D eigenvalue weighted by molar-refractivity contribution is -0.384. The van der Waals surface area contributed by atoms with Crippen molar-refractivity contribution in [2.45, 2.75) is 17.6 Å². The van der Waals surface area contributed by atoms with Gasteiger partial charge < -0.3 is 19.8 Å². The summed E-state index contributed by atoms with van der Waals surface area (Å²) in [6.07, 6.45) is -3.24. The summed E-state index contributed by atoms with van der Waals surface area (Å²) in [5, 5.41) is 15.5. The first kappa shape index (κ1) is 25.6. The molecule has 0 saturated carbocycles. The first-order valence-electron chi connectivity index (χ1n) is 8.91. The monoisotopic (exact) mass is 494 g/mol. The van der Waals surface area contributed by atoms with Gasteiger partial charge in [-0.25, -0.2) is 8.42 Å². The van der Waals surface area contributed by atoms with E-state index in [2.05, 4.69) is 10.1 Å². The number of ether oxygens (including phenoxy) is 1. The Labute approximate surface area is 184 Å². The number of anilines is 1. The minimum absolute atomic E-state index is 0.0135. The van der Waals surface area contributed by atoms with E-state index in [9.17, 15) is 41.3 Å². The van der Waals surface area contributed by atoms with Gasteiger partial charge in [-0.15, -0.1) is 0 Å². The van der Waals surface area contributed by atoms with E-state index in [0.717, 1.165) is 18.2 Å². The van der Waals surface area contributed by atoms with Crippen molar-refractivity contribution in [2.75, 3.05) is 25.0 Å². The summed E-state index contributed by atoms with van der Waals surface area (Å²) in [6.45, 7) is -3.55. The highest BCUT2D eigenvalue weighted by atomic mass is 32.2. The first-order chi connectivity index (χ1) is 15.4. The maximum absolute atomic E-state index is 12.3. The van der Waals surface area contributed by atoms with Gasteiger partial charge in [-0.3, -0.25) is 19.7 Å². The molecule has 0 atom stereocenters. The Balaban J connectivity index is 1.95. The summed E-state index contributed by atoms with van der Waals surface area (Å²) in [6, 6.07) is 6.21. The number of amides is 1. The van der Waals surface area contributed by atoms with E-state index >= 15 is 0 Å². The molecular formula is C17H17F3N4O8S. The molecule has 1 amide bonds. The lowest BCUT2D eigenvalue weighted by Crippen LogP contribution is -2.37. The van der Waals surface area contributed by atoms with Crippen LogP contribution in [0, 0.1) is 10.1 Å². The number of hydrogen-bond donors (Lipinski definition) is 3. The number of esters is 1. The van der Waals surface area contributed by atoms with Gasteiger partial charge in [-0.05, 0) is 24.3 Å². The van der Waals surface area contributed by atoms with Crippen molar-refractivity contribution in [3.05, 3.63) is 52.5 Å². The highest BCUT2D eigenvalue weighted by Gasteiger charge is 2.28. The Morgan fingerprint density at radius 1 is 1.21 bits per heavy atom. The van der Waals surface area contributed by atoms with Gasteiger partial charge in [0, 0.05) is 6.07 Å². The van der Waals surface area contributed by atoms with Gasteiger partial charge in [-0.1, -0.05) is 0 Å². The average molecular weight is 494 g/mol. The normalized spacial score (nSPS) is 11.6. The Bertz CT molecular complexity index is 1100. The Morgan fingerprint density at radius 3 is 2.55 bits per heavy atom. The predicted octanol–water partition coefficient (Wildman–Crippen LogP) is 1.30. The lowest BCUT2D eigenvalue weighted by atomic mass is 10.2. The summed E-state index contributed by atoms with van der Waals surface area (Å²) in [4.78, 5) is 32.7. The molecule has 0 aliphatic heterocycles. The number of nitrogens with one attached hydrogen (secondary N) is 3. The fourth-order valence-corrected chi connectivity index (χ4v) is 3.25. The predicted molar refractivity (Wildman–Crippen MR) is 104 cm³/mol. The molecule has 0 saturated heterocycles. The number of carbonyl (C=O) groups is 2. The topological polar surface area (TPSA) is 170 Å². The molecule has 3 N–H and O–H groups in total. The molecule has 0 unspecified atom stereocenters. The molecule has 33 heavy (non-hydrogen) atoms. The standard InChI is InChI=1S/C17H17F3N4O8S/c18-17(19,20)10-22-15(25)9-32-16(26)8-23-33(29,30)12-3-4-13(14(6-12)24(27)28)21-7-11-2-1-5-31-11/h1-6,21,23H,7-10H2,(H,22,25). The summed E-state index contributed by atoms with van der Waals surface area (Å²) in [5.74, 6) is -2.02. The van der Waals surface area contributed by atoms with Crippen molar-refractivity contribution in [3.8, 4) is 0 Å². The summed E-state index contributed by atoms with van der Waals surface area (Å²) < 4.78 is 71.9. The number of furan rings is 1. The van der Waals surface area contributed by atoms with Gasteiger partial charge >= 0.3 is 12.1 Å². The van der Waals surface area contributed by atoms with Crippen LogP contribution in [0.3, 0.4) is 0 Å². The van der Waals surface area contributed by atoms with E-state index in [0.29, 0.717) is 5.76 Å². The molecule has 16 heteroatoms. The minimum Gasteiger partial charge on any atom is -0.467 e. The van der Waals surface area contributed by atoms with E-state index in [4.69, 9.17) is 4.42 Å². The molecule has 1 aromatic heterocycles. The SMILES string of the molecule is O=C(COC(=O)CNS(=O)(=O)c1ccc(NCc2ccco2)c([N+](=O)[O-])c1)NCC(F)(F)F. The second-order valence-electron chi connectivity index (χ2n) is 6.25. The van der Waals surface area contributed by atoms with Crippen molar-refractivity contribution in [3.63, 3.8) is 0 Å². The quantitative estimate of drug-likeness (QED) is 0.237. The molecule has 180 valence electrons. The van der Waals surface area contributed by atoms with Crippen LogP contribution >= 0.6 is 0 Å². The van der Waals surface area contributed by atoms with Crippen molar-refractivity contribution in [1.29, 1.82) is 0 Å². The molecule has 0 aliphatic carbocycles. The average Bonchev–Trinajstić information content (AvgIpc) is 3.26. The summed E-state index contributed by atoms with van der Waals surface area (Å²) in [5.41, 5.74) is -0.548. The number of nitro groups is 1. The zero-order chi connectivity index (χ0) is 24.6.